The van der Waals surface area contributed by atoms with Crippen LogP contribution in [-0.4, -0.2) is 26.9 Å². The summed E-state index contributed by atoms with van der Waals surface area (Å²) in [6, 6.07) is 4.34. The van der Waals surface area contributed by atoms with Crippen LogP contribution in [0.1, 0.15) is 12.0 Å². The zero-order chi connectivity index (χ0) is 13.3. The first-order valence-electron chi connectivity index (χ1n) is 5.53. The molecule has 18 heavy (non-hydrogen) atoms. The Hall–Kier alpha value is -1.60. The van der Waals surface area contributed by atoms with Crippen molar-refractivity contribution in [2.45, 2.75) is 24.3 Å². The molecule has 7 heteroatoms. The summed E-state index contributed by atoms with van der Waals surface area (Å²) in [5.74, 6) is -0.153. The van der Waals surface area contributed by atoms with E-state index in [0.29, 0.717) is 6.54 Å². The third kappa shape index (κ3) is 2.62. The molecular weight excluding hydrogens is 254 g/mol. The van der Waals surface area contributed by atoms with E-state index in [9.17, 15) is 13.2 Å². The van der Waals surface area contributed by atoms with Gasteiger partial charge in [0, 0.05) is 19.0 Å². The van der Waals surface area contributed by atoms with Crippen molar-refractivity contribution >= 4 is 21.6 Å². The second-order valence-electron chi connectivity index (χ2n) is 4.37. The summed E-state index contributed by atoms with van der Waals surface area (Å²) >= 11 is 0. The highest BCUT2D eigenvalue weighted by molar-refractivity contribution is 7.89. The molecule has 4 N–H and O–H groups in total. The van der Waals surface area contributed by atoms with E-state index >= 15 is 0 Å². The van der Waals surface area contributed by atoms with Gasteiger partial charge >= 0.3 is 0 Å². The molecule has 1 saturated heterocycles. The average Bonchev–Trinajstić information content (AvgIpc) is 2.62. The highest BCUT2D eigenvalue weighted by Crippen LogP contribution is 2.20. The van der Waals surface area contributed by atoms with Crippen LogP contribution in [-0.2, 0) is 14.8 Å². The smallest absolute Gasteiger partial charge is 0.242 e. The second kappa shape index (κ2) is 4.58. The van der Waals surface area contributed by atoms with E-state index in [0.717, 1.165) is 5.56 Å². The van der Waals surface area contributed by atoms with Gasteiger partial charge in [0.05, 0.1) is 5.69 Å². The number of carbonyl (C=O) groups excluding carboxylic acids is 1. The van der Waals surface area contributed by atoms with Gasteiger partial charge in [0.2, 0.25) is 15.9 Å². The number of rotatable bonds is 3. The van der Waals surface area contributed by atoms with Gasteiger partial charge in [0.15, 0.2) is 0 Å². The molecule has 1 aromatic carbocycles. The summed E-state index contributed by atoms with van der Waals surface area (Å²) in [5, 5.41) is 2.57. The number of anilines is 1. The average molecular weight is 269 g/mol. The zero-order valence-corrected chi connectivity index (χ0v) is 10.8. The largest absolute Gasteiger partial charge is 0.398 e. The Morgan fingerprint density at radius 3 is 2.72 bits per heavy atom. The Morgan fingerprint density at radius 2 is 2.17 bits per heavy atom. The van der Waals surface area contributed by atoms with Crippen molar-refractivity contribution in [2.24, 2.45) is 0 Å². The third-order valence-electron chi connectivity index (χ3n) is 2.75. The van der Waals surface area contributed by atoms with Crippen LogP contribution < -0.4 is 15.8 Å². The Kier molecular flexibility index (Phi) is 3.27. The zero-order valence-electron chi connectivity index (χ0n) is 9.93. The van der Waals surface area contributed by atoms with E-state index in [-0.39, 0.29) is 22.9 Å². The van der Waals surface area contributed by atoms with E-state index < -0.39 is 16.1 Å². The standard InChI is InChI=1S/C11H15N3O3S/c1-7-2-3-10(9(12)4-7)18(16,17)14-8-5-11(15)13-6-8/h2-4,8,14H,5-6,12H2,1H3,(H,13,15). The first-order valence-corrected chi connectivity index (χ1v) is 7.02. The van der Waals surface area contributed by atoms with Gasteiger partial charge in [-0.05, 0) is 24.6 Å². The molecule has 0 aromatic heterocycles. The Morgan fingerprint density at radius 1 is 1.44 bits per heavy atom. The van der Waals surface area contributed by atoms with Crippen LogP contribution in [0.15, 0.2) is 23.1 Å². The molecule has 1 aliphatic rings. The van der Waals surface area contributed by atoms with Crippen LogP contribution in [0.3, 0.4) is 0 Å². The number of hydrogen-bond acceptors (Lipinski definition) is 4. The minimum absolute atomic E-state index is 0.0486. The van der Waals surface area contributed by atoms with Gasteiger partial charge in [0.25, 0.3) is 0 Å². The molecule has 6 nitrogen and oxygen atoms in total. The van der Waals surface area contributed by atoms with Crippen molar-refractivity contribution in [3.8, 4) is 0 Å². The molecule has 2 rings (SSSR count). The summed E-state index contributed by atoms with van der Waals surface area (Å²) in [6.45, 7) is 2.14. The van der Waals surface area contributed by atoms with Crippen LogP contribution in [0.25, 0.3) is 0 Å². The molecule has 1 heterocycles. The van der Waals surface area contributed by atoms with Gasteiger partial charge < -0.3 is 11.1 Å². The molecular formula is C11H15N3O3S. The quantitative estimate of drug-likeness (QED) is 0.658. The van der Waals surface area contributed by atoms with Crippen molar-refractivity contribution in [3.63, 3.8) is 0 Å². The van der Waals surface area contributed by atoms with Crippen molar-refractivity contribution in [1.29, 1.82) is 0 Å². The molecule has 0 bridgehead atoms. The summed E-state index contributed by atoms with van der Waals surface area (Å²) < 4.78 is 26.7. The lowest BCUT2D eigenvalue weighted by atomic mass is 10.2. The highest BCUT2D eigenvalue weighted by Gasteiger charge is 2.27. The van der Waals surface area contributed by atoms with Crippen molar-refractivity contribution < 1.29 is 13.2 Å². The first-order chi connectivity index (χ1) is 8.38. The molecule has 1 atom stereocenters. The molecule has 0 spiro atoms. The van der Waals surface area contributed by atoms with Gasteiger partial charge in [-0.2, -0.15) is 0 Å². The van der Waals surface area contributed by atoms with E-state index in [4.69, 9.17) is 5.73 Å². The summed E-state index contributed by atoms with van der Waals surface area (Å²) in [5.41, 5.74) is 6.81. The molecule has 1 unspecified atom stereocenters. The highest BCUT2D eigenvalue weighted by atomic mass is 32.2. The van der Waals surface area contributed by atoms with Crippen LogP contribution in [0.5, 0.6) is 0 Å². The number of benzene rings is 1. The van der Waals surface area contributed by atoms with Crippen molar-refractivity contribution in [2.75, 3.05) is 12.3 Å². The topological polar surface area (TPSA) is 101 Å². The summed E-state index contributed by atoms with van der Waals surface area (Å²) in [7, 11) is -3.68. The Balaban J connectivity index is 2.23. The second-order valence-corrected chi connectivity index (χ2v) is 6.05. The molecule has 1 fully saturated rings. The SMILES string of the molecule is Cc1ccc(S(=O)(=O)NC2CNC(=O)C2)c(N)c1. The molecule has 1 amide bonds. The third-order valence-corrected chi connectivity index (χ3v) is 4.35. The van der Waals surface area contributed by atoms with E-state index in [1.165, 1.54) is 6.07 Å². The minimum Gasteiger partial charge on any atom is -0.398 e. The number of nitrogen functional groups attached to an aromatic ring is 1. The molecule has 0 saturated carbocycles. The van der Waals surface area contributed by atoms with E-state index in [1.807, 2.05) is 6.92 Å². The number of nitrogens with one attached hydrogen (secondary N) is 2. The lowest BCUT2D eigenvalue weighted by Gasteiger charge is -2.13. The fraction of sp³-hybridized carbons (Fsp3) is 0.364. The summed E-state index contributed by atoms with van der Waals surface area (Å²) in [6.07, 6.45) is 0.158. The number of amides is 1. The van der Waals surface area contributed by atoms with Crippen LogP contribution >= 0.6 is 0 Å². The molecule has 1 aliphatic heterocycles. The fourth-order valence-corrected chi connectivity index (χ4v) is 3.23. The number of carbonyl (C=O) groups is 1. The lowest BCUT2D eigenvalue weighted by Crippen LogP contribution is -2.36. The van der Waals surface area contributed by atoms with E-state index in [2.05, 4.69) is 10.0 Å². The summed E-state index contributed by atoms with van der Waals surface area (Å²) in [4.78, 5) is 11.1. The maximum absolute atomic E-state index is 12.1. The molecule has 0 radical (unpaired) electrons. The number of nitrogens with two attached hydrogens (primary N) is 1. The van der Waals surface area contributed by atoms with Gasteiger partial charge in [-0.15, -0.1) is 0 Å². The monoisotopic (exact) mass is 269 g/mol. The minimum atomic E-state index is -3.68. The maximum atomic E-state index is 12.1. The number of hydrogen-bond donors (Lipinski definition) is 3. The van der Waals surface area contributed by atoms with Crippen LogP contribution in [0.2, 0.25) is 0 Å². The predicted molar refractivity (Wildman–Crippen MR) is 67.3 cm³/mol. The molecule has 98 valence electrons. The fourth-order valence-electron chi connectivity index (χ4n) is 1.88. The van der Waals surface area contributed by atoms with Gasteiger partial charge in [-0.3, -0.25) is 4.79 Å². The predicted octanol–water partition coefficient (Wildman–Crippen LogP) is -0.256. The van der Waals surface area contributed by atoms with Crippen molar-refractivity contribution in [3.05, 3.63) is 23.8 Å². The maximum Gasteiger partial charge on any atom is 0.242 e. The number of aryl methyl sites for hydroxylation is 1. The lowest BCUT2D eigenvalue weighted by molar-refractivity contribution is -0.119. The van der Waals surface area contributed by atoms with Crippen LogP contribution in [0.4, 0.5) is 5.69 Å². The Bertz CT molecular complexity index is 583. The number of sulfonamides is 1. The van der Waals surface area contributed by atoms with Gasteiger partial charge in [-0.1, -0.05) is 6.07 Å². The van der Waals surface area contributed by atoms with Crippen LogP contribution in [0, 0.1) is 6.92 Å². The first kappa shape index (κ1) is 12.8. The Labute approximate surface area is 106 Å². The molecule has 0 aliphatic carbocycles. The van der Waals surface area contributed by atoms with Gasteiger partial charge in [0.1, 0.15) is 4.90 Å². The normalized spacial score (nSPS) is 19.8. The van der Waals surface area contributed by atoms with Crippen molar-refractivity contribution in [1.82, 2.24) is 10.0 Å². The molecule has 1 aromatic rings. The van der Waals surface area contributed by atoms with E-state index in [1.54, 1.807) is 12.1 Å². The van der Waals surface area contributed by atoms with Gasteiger partial charge in [-0.25, -0.2) is 13.1 Å².